The van der Waals surface area contributed by atoms with Gasteiger partial charge < -0.3 is 33.6 Å². The van der Waals surface area contributed by atoms with Gasteiger partial charge in [-0.2, -0.15) is 0 Å². The molecular weight excluding hydrogens is 779 g/mol. The van der Waals surface area contributed by atoms with Crippen LogP contribution in [-0.2, 0) is 50.5 Å². The average molecular weight is 838 g/mol. The Morgan fingerprint density at radius 3 is 1.97 bits per heavy atom. The quantitative estimate of drug-likeness (QED) is 0.0860. The summed E-state index contributed by atoms with van der Waals surface area (Å²) in [6.07, 6.45) is 6.05. The van der Waals surface area contributed by atoms with Gasteiger partial charge in [-0.25, -0.2) is 0 Å². The molecule has 11 heteroatoms. The molecule has 0 spiro atoms. The van der Waals surface area contributed by atoms with Crippen LogP contribution >= 0.6 is 0 Å². The molecule has 11 nitrogen and oxygen atoms in total. The van der Waals surface area contributed by atoms with E-state index in [1.54, 1.807) is 31.3 Å². The Labute approximate surface area is 366 Å². The molecule has 0 radical (unpaired) electrons. The second kappa shape index (κ2) is 20.4. The summed E-state index contributed by atoms with van der Waals surface area (Å²) < 4.78 is 24.4. The number of amides is 2. The molecule has 2 amide bonds. The zero-order valence-corrected chi connectivity index (χ0v) is 36.2. The zero-order chi connectivity index (χ0) is 43.0. The Morgan fingerprint density at radius 1 is 0.758 bits per heavy atom. The monoisotopic (exact) mass is 837 g/mol. The first-order valence-corrected chi connectivity index (χ1v) is 20.9. The second-order valence-corrected chi connectivity index (χ2v) is 15.6. The number of ether oxygens (including phenoxy) is 4. The van der Waals surface area contributed by atoms with Crippen LogP contribution in [0.1, 0.15) is 76.1 Å². The van der Waals surface area contributed by atoms with Gasteiger partial charge in [0.2, 0.25) is 6.41 Å². The van der Waals surface area contributed by atoms with E-state index in [2.05, 4.69) is 47.4 Å². The number of benzene rings is 5. The van der Waals surface area contributed by atoms with Crippen LogP contribution in [0.5, 0.6) is 23.0 Å². The lowest BCUT2D eigenvalue weighted by molar-refractivity contribution is -0.119. The topological polar surface area (TPSA) is 105 Å². The Balaban J connectivity index is 0.00000211. The predicted octanol–water partition coefficient (Wildman–Crippen LogP) is 9.46. The lowest BCUT2D eigenvalue weighted by Crippen LogP contribution is -2.44. The van der Waals surface area contributed by atoms with Crippen molar-refractivity contribution in [2.45, 2.75) is 86.0 Å². The second-order valence-electron chi connectivity index (χ2n) is 15.6. The van der Waals surface area contributed by atoms with E-state index in [1.165, 1.54) is 11.1 Å². The van der Waals surface area contributed by atoms with Crippen LogP contribution in [0.25, 0.3) is 0 Å². The summed E-state index contributed by atoms with van der Waals surface area (Å²) in [4.78, 5) is 41.4. The van der Waals surface area contributed by atoms with Crippen molar-refractivity contribution in [2.24, 2.45) is 9.98 Å². The molecule has 0 aliphatic carbocycles. The van der Waals surface area contributed by atoms with Crippen molar-refractivity contribution in [1.82, 2.24) is 14.7 Å². The van der Waals surface area contributed by atoms with Crippen molar-refractivity contribution in [3.63, 3.8) is 0 Å². The van der Waals surface area contributed by atoms with E-state index in [4.69, 9.17) is 28.9 Å². The number of nitrogens with zero attached hydrogens (tertiary/aromatic N) is 5. The number of hydrogen-bond acceptors (Lipinski definition) is 9. The van der Waals surface area contributed by atoms with Crippen molar-refractivity contribution in [2.75, 3.05) is 28.3 Å². The van der Waals surface area contributed by atoms with Gasteiger partial charge in [-0.05, 0) is 96.6 Å². The number of carbonyl (C=O) groups excluding carboxylic acids is 2. The lowest BCUT2D eigenvalue weighted by Gasteiger charge is -2.34. The van der Waals surface area contributed by atoms with Gasteiger partial charge in [0.05, 0.1) is 43.2 Å². The molecule has 0 fully saturated rings. The van der Waals surface area contributed by atoms with E-state index in [1.807, 2.05) is 88.6 Å². The van der Waals surface area contributed by atoms with E-state index < -0.39 is 0 Å². The van der Waals surface area contributed by atoms with Crippen molar-refractivity contribution in [3.05, 3.63) is 141 Å². The number of rotatable bonds is 13. The standard InChI is InChI=1S/C48H49N5O6.C2H6.CH4/c1-31-14-44(56-4)46(21-42(31)49-23-39-18-35-10-6-8-12-37(35)26-52(39)30-54)58-28-33-15-32(25-51(2)3)16-34(17-33)29-59-47-22-43-41(20-45(47)57-5)48(55)53-27-38-13-9-7-11-36(38)19-40(53)24-50-43;1-2;/h6-17,20-24,30,39-40H,18-19,25-29H2,1-5H3;1-2H3;1H4. The SMILES string of the molecule is C.CC.COc1cc(C)c(N=CC2Cc3ccccc3CN2C=O)cc1OCc1cc(COc2cc3c(cc2OC)C(=O)N2Cc4ccccc4CC2C=N3)cc(CN(C)C)c1. The van der Waals surface area contributed by atoms with Crippen LogP contribution in [-0.4, -0.2) is 79.8 Å². The fraction of sp³-hybridized carbons (Fsp3) is 0.333. The third-order valence-electron chi connectivity index (χ3n) is 11.2. The Kier molecular flexibility index (Phi) is 14.8. The highest BCUT2D eigenvalue weighted by molar-refractivity contribution is 6.03. The van der Waals surface area contributed by atoms with Gasteiger partial charge in [0.15, 0.2) is 23.0 Å². The smallest absolute Gasteiger partial charge is 0.257 e. The molecule has 0 saturated heterocycles. The summed E-state index contributed by atoms with van der Waals surface area (Å²) in [7, 11) is 7.28. The molecule has 3 aliphatic rings. The molecule has 3 aliphatic heterocycles. The van der Waals surface area contributed by atoms with E-state index in [0.717, 1.165) is 58.4 Å². The molecule has 8 rings (SSSR count). The Bertz CT molecular complexity index is 2440. The highest BCUT2D eigenvalue weighted by atomic mass is 16.5. The molecule has 5 aromatic rings. The molecule has 3 heterocycles. The van der Waals surface area contributed by atoms with Crippen molar-refractivity contribution in [3.8, 4) is 23.0 Å². The molecule has 5 aromatic carbocycles. The Hall–Kier alpha value is -6.46. The van der Waals surface area contributed by atoms with Crippen LogP contribution in [0.4, 0.5) is 11.4 Å². The van der Waals surface area contributed by atoms with Crippen LogP contribution in [0, 0.1) is 6.92 Å². The first-order valence-electron chi connectivity index (χ1n) is 20.9. The van der Waals surface area contributed by atoms with Crippen molar-refractivity contribution in [1.29, 1.82) is 0 Å². The number of fused-ring (bicyclic) bond motifs is 4. The van der Waals surface area contributed by atoms with Gasteiger partial charge in [0.1, 0.15) is 13.2 Å². The van der Waals surface area contributed by atoms with Gasteiger partial charge in [-0.3, -0.25) is 19.6 Å². The van der Waals surface area contributed by atoms with Gasteiger partial charge in [-0.1, -0.05) is 81.9 Å². The molecular formula is C51H59N5O6. The minimum absolute atomic E-state index is 0. The molecule has 324 valence electrons. The number of methoxy groups -OCH3 is 2. The van der Waals surface area contributed by atoms with Crippen molar-refractivity contribution >= 4 is 36.1 Å². The summed E-state index contributed by atoms with van der Waals surface area (Å²) in [6, 6.07) is 29.9. The molecule has 0 N–H and O–H groups in total. The first kappa shape index (κ1) is 45.1. The third-order valence-corrected chi connectivity index (χ3v) is 11.2. The van der Waals surface area contributed by atoms with Gasteiger partial charge in [0, 0.05) is 44.2 Å². The van der Waals surface area contributed by atoms with E-state index in [0.29, 0.717) is 53.8 Å². The van der Waals surface area contributed by atoms with Crippen LogP contribution in [0.2, 0.25) is 0 Å². The number of carbonyl (C=O) groups is 2. The normalized spacial score (nSPS) is 16.2. The van der Waals surface area contributed by atoms with Gasteiger partial charge in [-0.15, -0.1) is 0 Å². The van der Waals surface area contributed by atoms with Gasteiger partial charge >= 0.3 is 0 Å². The Morgan fingerprint density at radius 2 is 1.34 bits per heavy atom. The molecule has 2 atom stereocenters. The molecule has 62 heavy (non-hydrogen) atoms. The van der Waals surface area contributed by atoms with Crippen LogP contribution < -0.4 is 18.9 Å². The summed E-state index contributed by atoms with van der Waals surface area (Å²) >= 11 is 0. The summed E-state index contributed by atoms with van der Waals surface area (Å²) in [5.74, 6) is 2.06. The fourth-order valence-electron chi connectivity index (χ4n) is 8.16. The molecule has 0 saturated carbocycles. The first-order chi connectivity index (χ1) is 29.7. The fourth-order valence-corrected chi connectivity index (χ4v) is 8.16. The van der Waals surface area contributed by atoms with Crippen LogP contribution in [0.3, 0.4) is 0 Å². The van der Waals surface area contributed by atoms with Crippen molar-refractivity contribution < 1.29 is 28.5 Å². The maximum absolute atomic E-state index is 13.9. The zero-order valence-electron chi connectivity index (χ0n) is 36.2. The number of hydrogen-bond donors (Lipinski definition) is 0. The predicted molar refractivity (Wildman–Crippen MR) is 247 cm³/mol. The van der Waals surface area contributed by atoms with E-state index in [-0.39, 0.29) is 38.6 Å². The minimum atomic E-state index is -0.157. The third kappa shape index (κ3) is 10.0. The average Bonchev–Trinajstić information content (AvgIpc) is 3.40. The van der Waals surface area contributed by atoms with E-state index in [9.17, 15) is 9.59 Å². The molecule has 0 bridgehead atoms. The number of aryl methyl sites for hydroxylation is 1. The minimum Gasteiger partial charge on any atom is -0.493 e. The lowest BCUT2D eigenvalue weighted by atomic mass is 9.94. The molecule has 2 unspecified atom stereocenters. The number of aliphatic imine (C=N–C) groups is 2. The highest BCUT2D eigenvalue weighted by Gasteiger charge is 2.33. The summed E-state index contributed by atoms with van der Waals surface area (Å²) in [5, 5.41) is 0. The largest absolute Gasteiger partial charge is 0.493 e. The van der Waals surface area contributed by atoms with Crippen LogP contribution in [0.15, 0.2) is 101 Å². The maximum Gasteiger partial charge on any atom is 0.257 e. The van der Waals surface area contributed by atoms with E-state index >= 15 is 0 Å². The molecule has 0 aromatic heterocycles. The summed E-state index contributed by atoms with van der Waals surface area (Å²) in [5.41, 5.74) is 10.5. The summed E-state index contributed by atoms with van der Waals surface area (Å²) in [6.45, 7) is 8.31. The van der Waals surface area contributed by atoms with Gasteiger partial charge in [0.25, 0.3) is 5.91 Å². The highest BCUT2D eigenvalue weighted by Crippen LogP contribution is 2.39. The maximum atomic E-state index is 13.9.